The average molecular weight is 307 g/mol. The molecule has 1 aromatic carbocycles. The Bertz CT molecular complexity index is 638. The Hall–Kier alpha value is -2.02. The number of carboxylic acid groups (broad SMARTS) is 1. The van der Waals surface area contributed by atoms with Crippen LogP contribution in [0, 0.1) is 0 Å². The van der Waals surface area contributed by atoms with Crippen molar-refractivity contribution in [2.45, 2.75) is 6.18 Å². The number of rotatable bonds is 2. The van der Waals surface area contributed by atoms with E-state index < -0.39 is 23.3 Å². The van der Waals surface area contributed by atoms with Crippen LogP contribution in [-0.4, -0.2) is 20.6 Å². The number of carbonyl (C=O) groups is 1. The smallest absolute Gasteiger partial charge is 0.416 e. The Balaban J connectivity index is 0.00000200. The zero-order chi connectivity index (χ0) is 14.2. The zero-order valence-corrected chi connectivity index (χ0v) is 11.0. The van der Waals surface area contributed by atoms with E-state index in [0.29, 0.717) is 6.07 Å². The molecule has 1 aromatic heterocycles. The molecule has 0 aliphatic rings. The number of benzene rings is 1. The first kappa shape index (κ1) is 16.0. The van der Waals surface area contributed by atoms with Crippen molar-refractivity contribution in [1.82, 2.24) is 9.55 Å². The fraction of sp³-hybridized carbons (Fsp3) is 0.167. The lowest BCUT2D eigenvalue weighted by Crippen LogP contribution is -2.08. The predicted octanol–water partition coefficient (Wildman–Crippen LogP) is 3.23. The van der Waals surface area contributed by atoms with Gasteiger partial charge in [0.05, 0.1) is 23.1 Å². The zero-order valence-electron chi connectivity index (χ0n) is 10.2. The topological polar surface area (TPSA) is 55.1 Å². The molecule has 0 aliphatic heterocycles. The number of halogens is 4. The van der Waals surface area contributed by atoms with Crippen LogP contribution in [0.15, 0.2) is 30.7 Å². The lowest BCUT2D eigenvalue weighted by Gasteiger charge is -2.09. The van der Waals surface area contributed by atoms with Crippen LogP contribution in [0.5, 0.6) is 0 Å². The number of imidazole rings is 1. The molecule has 4 nitrogen and oxygen atoms in total. The van der Waals surface area contributed by atoms with Crippen LogP contribution in [0.25, 0.3) is 11.3 Å². The SMILES string of the molecule is Cl.Cn1cnc(-c2cc(C(=O)O)cc(C(F)(F)F)c2)c1. The van der Waals surface area contributed by atoms with E-state index in [0.717, 1.165) is 6.07 Å². The highest BCUT2D eigenvalue weighted by molar-refractivity contribution is 5.89. The summed E-state index contributed by atoms with van der Waals surface area (Å²) >= 11 is 0. The van der Waals surface area contributed by atoms with Gasteiger partial charge in [-0.3, -0.25) is 0 Å². The molecule has 0 radical (unpaired) electrons. The third-order valence-corrected chi connectivity index (χ3v) is 2.51. The summed E-state index contributed by atoms with van der Waals surface area (Å²) in [6, 6.07) is 2.66. The van der Waals surface area contributed by atoms with Gasteiger partial charge in [0.1, 0.15) is 0 Å². The molecule has 20 heavy (non-hydrogen) atoms. The van der Waals surface area contributed by atoms with Gasteiger partial charge in [0.15, 0.2) is 0 Å². The summed E-state index contributed by atoms with van der Waals surface area (Å²) in [5.41, 5.74) is -1.02. The Morgan fingerprint density at radius 1 is 1.30 bits per heavy atom. The summed E-state index contributed by atoms with van der Waals surface area (Å²) in [4.78, 5) is 14.8. The minimum atomic E-state index is -4.60. The van der Waals surface area contributed by atoms with Gasteiger partial charge >= 0.3 is 12.1 Å². The quantitative estimate of drug-likeness (QED) is 0.927. The Labute approximate surface area is 118 Å². The second-order valence-electron chi connectivity index (χ2n) is 4.03. The maximum Gasteiger partial charge on any atom is 0.416 e. The molecule has 1 N–H and O–H groups in total. The highest BCUT2D eigenvalue weighted by atomic mass is 35.5. The van der Waals surface area contributed by atoms with Crippen molar-refractivity contribution >= 4 is 18.4 Å². The van der Waals surface area contributed by atoms with Gasteiger partial charge in [-0.1, -0.05) is 0 Å². The number of hydrogen-bond donors (Lipinski definition) is 1. The van der Waals surface area contributed by atoms with Gasteiger partial charge in [-0.2, -0.15) is 13.2 Å². The lowest BCUT2D eigenvalue weighted by atomic mass is 10.0. The number of hydrogen-bond acceptors (Lipinski definition) is 2. The van der Waals surface area contributed by atoms with E-state index in [1.807, 2.05) is 0 Å². The second kappa shape index (κ2) is 5.54. The van der Waals surface area contributed by atoms with Crippen molar-refractivity contribution in [2.24, 2.45) is 7.05 Å². The minimum Gasteiger partial charge on any atom is -0.478 e. The van der Waals surface area contributed by atoms with Gasteiger partial charge in [-0.05, 0) is 18.2 Å². The summed E-state index contributed by atoms with van der Waals surface area (Å²) in [5, 5.41) is 8.86. The summed E-state index contributed by atoms with van der Waals surface area (Å²) in [6.07, 6.45) is -1.66. The van der Waals surface area contributed by atoms with E-state index in [2.05, 4.69) is 4.98 Å². The van der Waals surface area contributed by atoms with Gasteiger partial charge in [-0.25, -0.2) is 9.78 Å². The van der Waals surface area contributed by atoms with Crippen molar-refractivity contribution in [3.63, 3.8) is 0 Å². The van der Waals surface area contributed by atoms with E-state index in [9.17, 15) is 18.0 Å². The summed E-state index contributed by atoms with van der Waals surface area (Å²) in [5.74, 6) is -1.41. The minimum absolute atomic E-state index is 0. The summed E-state index contributed by atoms with van der Waals surface area (Å²) in [6.45, 7) is 0. The summed E-state index contributed by atoms with van der Waals surface area (Å²) in [7, 11) is 1.67. The molecule has 0 amide bonds. The largest absolute Gasteiger partial charge is 0.478 e. The van der Waals surface area contributed by atoms with Crippen molar-refractivity contribution in [3.8, 4) is 11.3 Å². The standard InChI is InChI=1S/C12H9F3N2O2.ClH/c1-17-5-10(16-6-17)7-2-8(11(18)19)4-9(3-7)12(13,14)15;/h2-6H,1H3,(H,18,19);1H. The number of aryl methyl sites for hydroxylation is 1. The number of alkyl halides is 3. The third-order valence-electron chi connectivity index (χ3n) is 2.51. The maximum absolute atomic E-state index is 12.7. The molecule has 8 heteroatoms. The van der Waals surface area contributed by atoms with Gasteiger partial charge < -0.3 is 9.67 Å². The Morgan fingerprint density at radius 3 is 2.40 bits per heavy atom. The van der Waals surface area contributed by atoms with Crippen LogP contribution in [-0.2, 0) is 13.2 Å². The summed E-state index contributed by atoms with van der Waals surface area (Å²) < 4.78 is 39.7. The fourth-order valence-corrected chi connectivity index (χ4v) is 1.62. The molecule has 0 unspecified atom stereocenters. The monoisotopic (exact) mass is 306 g/mol. The normalized spacial score (nSPS) is 11.0. The van der Waals surface area contributed by atoms with Gasteiger partial charge in [0, 0.05) is 18.8 Å². The molecule has 108 valence electrons. The number of nitrogens with zero attached hydrogens (tertiary/aromatic N) is 2. The Kier molecular flexibility index (Phi) is 4.44. The maximum atomic E-state index is 12.7. The van der Waals surface area contributed by atoms with Crippen molar-refractivity contribution in [2.75, 3.05) is 0 Å². The molecule has 1 heterocycles. The molecule has 2 aromatic rings. The van der Waals surface area contributed by atoms with Gasteiger partial charge in [-0.15, -0.1) is 12.4 Å². The van der Waals surface area contributed by atoms with E-state index in [4.69, 9.17) is 5.11 Å². The Morgan fingerprint density at radius 2 is 1.95 bits per heavy atom. The first-order valence-electron chi connectivity index (χ1n) is 5.21. The molecule has 0 saturated heterocycles. The predicted molar refractivity (Wildman–Crippen MR) is 67.9 cm³/mol. The third kappa shape index (κ3) is 3.30. The molecule has 2 rings (SSSR count). The van der Waals surface area contributed by atoms with Crippen LogP contribution >= 0.6 is 12.4 Å². The first-order chi connectivity index (χ1) is 8.77. The van der Waals surface area contributed by atoms with Gasteiger partial charge in [0.25, 0.3) is 0 Å². The molecule has 0 bridgehead atoms. The number of carboxylic acids is 1. The molecular formula is C12H10ClF3N2O2. The second-order valence-corrected chi connectivity index (χ2v) is 4.03. The fourth-order valence-electron chi connectivity index (χ4n) is 1.62. The highest BCUT2D eigenvalue weighted by Gasteiger charge is 2.32. The molecular weight excluding hydrogens is 297 g/mol. The van der Waals surface area contributed by atoms with Crippen LogP contribution in [0.2, 0.25) is 0 Å². The lowest BCUT2D eigenvalue weighted by molar-refractivity contribution is -0.137. The highest BCUT2D eigenvalue weighted by Crippen LogP contribution is 2.33. The van der Waals surface area contributed by atoms with Crippen LogP contribution < -0.4 is 0 Å². The van der Waals surface area contributed by atoms with Crippen LogP contribution in [0.4, 0.5) is 13.2 Å². The van der Waals surface area contributed by atoms with Crippen LogP contribution in [0.3, 0.4) is 0 Å². The van der Waals surface area contributed by atoms with Crippen molar-refractivity contribution in [1.29, 1.82) is 0 Å². The van der Waals surface area contributed by atoms with Crippen LogP contribution in [0.1, 0.15) is 15.9 Å². The number of aromatic carboxylic acids is 1. The molecule has 0 aliphatic carbocycles. The molecule has 0 fully saturated rings. The molecule has 0 saturated carbocycles. The van der Waals surface area contributed by atoms with E-state index in [-0.39, 0.29) is 23.7 Å². The molecule has 0 spiro atoms. The van der Waals surface area contributed by atoms with E-state index in [1.165, 1.54) is 18.6 Å². The van der Waals surface area contributed by atoms with Crippen molar-refractivity contribution < 1.29 is 23.1 Å². The number of aromatic nitrogens is 2. The molecule has 0 atom stereocenters. The van der Waals surface area contributed by atoms with Gasteiger partial charge in [0.2, 0.25) is 0 Å². The first-order valence-corrected chi connectivity index (χ1v) is 5.21. The van der Waals surface area contributed by atoms with Crippen molar-refractivity contribution in [3.05, 3.63) is 41.9 Å². The van der Waals surface area contributed by atoms with E-state index >= 15 is 0 Å². The average Bonchev–Trinajstić information content (AvgIpc) is 2.74. The van der Waals surface area contributed by atoms with E-state index in [1.54, 1.807) is 11.6 Å².